The van der Waals surface area contributed by atoms with E-state index in [1.807, 2.05) is 12.1 Å². The lowest BCUT2D eigenvalue weighted by Crippen LogP contribution is -2.14. The van der Waals surface area contributed by atoms with E-state index in [2.05, 4.69) is 302 Å². The summed E-state index contributed by atoms with van der Waals surface area (Å²) in [7, 11) is 0. The van der Waals surface area contributed by atoms with Crippen molar-refractivity contribution in [2.45, 2.75) is 19.3 Å². The van der Waals surface area contributed by atoms with Gasteiger partial charge in [0.15, 0.2) is 11.6 Å². The van der Waals surface area contributed by atoms with Gasteiger partial charge < -0.3 is 9.13 Å². The Balaban J connectivity index is 0.000000139. The van der Waals surface area contributed by atoms with E-state index in [-0.39, 0.29) is 5.41 Å². The first-order chi connectivity index (χ1) is 41.9. The van der Waals surface area contributed by atoms with E-state index in [1.165, 1.54) is 77.0 Å². The zero-order valence-electron chi connectivity index (χ0n) is 46.9. The number of fused-ring (bicyclic) bond motifs is 11. The van der Waals surface area contributed by atoms with Crippen LogP contribution in [0.1, 0.15) is 25.0 Å². The Bertz CT molecular complexity index is 5250. The van der Waals surface area contributed by atoms with Gasteiger partial charge in [0.25, 0.3) is 0 Å². The van der Waals surface area contributed by atoms with E-state index in [0.29, 0.717) is 0 Å². The molecule has 0 bridgehead atoms. The quantitative estimate of drug-likeness (QED) is 0.160. The lowest BCUT2D eigenvalue weighted by atomic mass is 9.82. The Labute approximate surface area is 492 Å². The van der Waals surface area contributed by atoms with Gasteiger partial charge in [-0.25, -0.2) is 19.9 Å². The minimum Gasteiger partial charge on any atom is -0.309 e. The van der Waals surface area contributed by atoms with Crippen LogP contribution in [0.25, 0.3) is 144 Å². The van der Waals surface area contributed by atoms with E-state index in [4.69, 9.17) is 19.9 Å². The van der Waals surface area contributed by atoms with Gasteiger partial charge in [-0.2, -0.15) is 0 Å². The summed E-state index contributed by atoms with van der Waals surface area (Å²) in [5.41, 5.74) is 22.7. The van der Waals surface area contributed by atoms with Crippen molar-refractivity contribution in [2.24, 2.45) is 0 Å². The van der Waals surface area contributed by atoms with Gasteiger partial charge in [-0.05, 0) is 124 Å². The lowest BCUT2D eigenvalue weighted by Gasteiger charge is -2.22. The van der Waals surface area contributed by atoms with Crippen LogP contribution in [0, 0.1) is 0 Å². The number of nitrogens with zero attached hydrogens (tertiary/aromatic N) is 6. The zero-order chi connectivity index (χ0) is 56.6. The molecule has 0 spiro atoms. The number of hydrogen-bond acceptors (Lipinski definition) is 4. The average molecular weight is 1090 g/mol. The monoisotopic (exact) mass is 1090 g/mol. The predicted molar refractivity (Wildman–Crippen MR) is 352 cm³/mol. The maximum atomic E-state index is 5.30. The van der Waals surface area contributed by atoms with Gasteiger partial charge in [-0.3, -0.25) is 0 Å². The predicted octanol–water partition coefficient (Wildman–Crippen LogP) is 20.1. The molecule has 400 valence electrons. The van der Waals surface area contributed by atoms with E-state index in [0.717, 1.165) is 78.5 Å². The van der Waals surface area contributed by atoms with Crippen molar-refractivity contribution < 1.29 is 0 Å². The zero-order valence-corrected chi connectivity index (χ0v) is 46.9. The number of para-hydroxylation sites is 6. The van der Waals surface area contributed by atoms with Crippen molar-refractivity contribution in [3.05, 3.63) is 302 Å². The molecule has 0 atom stereocenters. The summed E-state index contributed by atoms with van der Waals surface area (Å²) in [6.45, 7) is 4.65. The molecule has 0 aliphatic heterocycles. The van der Waals surface area contributed by atoms with Crippen molar-refractivity contribution >= 4 is 65.4 Å². The largest absolute Gasteiger partial charge is 0.309 e. The van der Waals surface area contributed by atoms with Gasteiger partial charge >= 0.3 is 0 Å². The third kappa shape index (κ3) is 8.40. The topological polar surface area (TPSA) is 61.4 Å². The Morgan fingerprint density at radius 1 is 0.259 bits per heavy atom. The molecule has 0 saturated carbocycles. The van der Waals surface area contributed by atoms with E-state index in [1.54, 1.807) is 0 Å². The van der Waals surface area contributed by atoms with Crippen molar-refractivity contribution in [1.29, 1.82) is 0 Å². The second-order valence-corrected chi connectivity index (χ2v) is 22.5. The van der Waals surface area contributed by atoms with E-state index >= 15 is 0 Å². The molecule has 0 amide bonds. The minimum absolute atomic E-state index is 0.0778. The first-order valence-electron chi connectivity index (χ1n) is 29.0. The second kappa shape index (κ2) is 20.1. The molecule has 85 heavy (non-hydrogen) atoms. The summed E-state index contributed by atoms with van der Waals surface area (Å²) in [4.78, 5) is 20.6. The van der Waals surface area contributed by atoms with Gasteiger partial charge in [-0.15, -0.1) is 0 Å². The van der Waals surface area contributed by atoms with Crippen molar-refractivity contribution in [1.82, 2.24) is 29.1 Å². The van der Waals surface area contributed by atoms with E-state index < -0.39 is 0 Å². The molecular weight excluding hydrogens is 1030 g/mol. The molecule has 17 rings (SSSR count). The highest BCUT2D eigenvalue weighted by atomic mass is 15.0. The Hall–Kier alpha value is -11.1. The van der Waals surface area contributed by atoms with Crippen molar-refractivity contribution in [2.75, 3.05) is 0 Å². The molecule has 0 fully saturated rings. The van der Waals surface area contributed by atoms with Crippen LogP contribution in [-0.2, 0) is 5.41 Å². The molecule has 6 nitrogen and oxygen atoms in total. The molecule has 4 aromatic heterocycles. The Morgan fingerprint density at radius 3 is 1.20 bits per heavy atom. The average Bonchev–Trinajstić information content (AvgIpc) is 2.69. The van der Waals surface area contributed by atoms with Gasteiger partial charge in [-0.1, -0.05) is 214 Å². The van der Waals surface area contributed by atoms with Crippen LogP contribution >= 0.6 is 0 Å². The smallest absolute Gasteiger partial charge is 0.160 e. The fourth-order valence-electron chi connectivity index (χ4n) is 13.1. The van der Waals surface area contributed by atoms with Crippen LogP contribution in [0.2, 0.25) is 0 Å². The number of aromatic nitrogens is 6. The number of benzene rings is 12. The summed E-state index contributed by atoms with van der Waals surface area (Å²) in [5.74, 6) is 1.46. The van der Waals surface area contributed by atoms with Crippen LogP contribution in [0.4, 0.5) is 0 Å². The summed E-state index contributed by atoms with van der Waals surface area (Å²) >= 11 is 0. The third-order valence-electron chi connectivity index (χ3n) is 17.2. The normalized spacial score (nSPS) is 12.4. The van der Waals surface area contributed by atoms with E-state index in [9.17, 15) is 0 Å². The molecule has 0 saturated heterocycles. The minimum atomic E-state index is -0.0778. The highest BCUT2D eigenvalue weighted by molar-refractivity contribution is 6.12. The molecule has 0 N–H and O–H groups in total. The van der Waals surface area contributed by atoms with Gasteiger partial charge in [0.2, 0.25) is 0 Å². The van der Waals surface area contributed by atoms with Crippen LogP contribution in [0.3, 0.4) is 0 Å². The molecule has 4 heterocycles. The van der Waals surface area contributed by atoms with Crippen LogP contribution in [0.15, 0.2) is 291 Å². The number of hydrogen-bond donors (Lipinski definition) is 0. The summed E-state index contributed by atoms with van der Waals surface area (Å²) < 4.78 is 4.67. The number of rotatable bonds is 7. The molecular formula is C79H54N6. The third-order valence-corrected chi connectivity index (χ3v) is 17.2. The highest BCUT2D eigenvalue weighted by Gasteiger charge is 2.35. The first kappa shape index (κ1) is 49.7. The van der Waals surface area contributed by atoms with Gasteiger partial charge in [0.1, 0.15) is 0 Å². The maximum absolute atomic E-state index is 5.30. The van der Waals surface area contributed by atoms with Crippen LogP contribution in [-0.4, -0.2) is 29.1 Å². The second-order valence-electron chi connectivity index (χ2n) is 22.5. The van der Waals surface area contributed by atoms with Crippen molar-refractivity contribution in [3.63, 3.8) is 0 Å². The fourth-order valence-corrected chi connectivity index (χ4v) is 13.1. The van der Waals surface area contributed by atoms with Crippen molar-refractivity contribution in [3.8, 4) is 78.9 Å². The molecule has 1 aliphatic rings. The summed E-state index contributed by atoms with van der Waals surface area (Å²) in [6, 6.07) is 103. The summed E-state index contributed by atoms with van der Waals surface area (Å²) in [5, 5.41) is 6.92. The fraction of sp³-hybridized carbons (Fsp3) is 0.0380. The molecule has 1 aliphatic carbocycles. The van der Waals surface area contributed by atoms with Crippen LogP contribution in [0.5, 0.6) is 0 Å². The molecule has 0 radical (unpaired) electrons. The maximum Gasteiger partial charge on any atom is 0.160 e. The lowest BCUT2D eigenvalue weighted by molar-refractivity contribution is 0.660. The standard InChI is InChI=1S/C41H29N3.C38H25N3/c1-41(2)34-17-9-6-14-29(34)30-22-20-26(25-35(30)41)39-32-16-7-10-18-36(32)42-40(43-39)27-21-23-38-33(24-27)31-15-8-11-19-37(31)44(38)28-12-4-3-5-13-28;1-3-11-26(12-4-1)27-19-21-28(22-20-27)37-32-16-7-9-17-34(32)39-38(40-37)29-23-24-36-33(25-29)31-15-8-10-18-35(31)41(36)30-13-5-2-6-14-30/h3-25H,1-2H3;1-25H. The Morgan fingerprint density at radius 2 is 0.647 bits per heavy atom. The van der Waals surface area contributed by atoms with Crippen LogP contribution < -0.4 is 0 Å². The van der Waals surface area contributed by atoms with Gasteiger partial charge in [0.05, 0.1) is 44.5 Å². The first-order valence-corrected chi connectivity index (χ1v) is 29.0. The SMILES string of the molecule is CC1(C)c2ccccc2-c2ccc(-c3nc(-c4ccc5c(c4)c4ccccc4n5-c4ccccc4)nc4ccccc34)cc21.c1ccc(-c2ccc(-c3nc(-c4ccc5c(c4)c4ccccc4n5-c4ccccc4)nc4ccccc34)cc2)cc1. The highest BCUT2D eigenvalue weighted by Crippen LogP contribution is 2.50. The molecule has 16 aromatic rings. The molecule has 6 heteroatoms. The summed E-state index contributed by atoms with van der Waals surface area (Å²) in [6.07, 6.45) is 0. The van der Waals surface area contributed by atoms with Gasteiger partial charge in [0, 0.05) is 71.4 Å². The molecule has 0 unspecified atom stereocenters. The molecule has 12 aromatic carbocycles. The Kier molecular flexibility index (Phi) is 11.8.